The Balaban J connectivity index is 2.65. The van der Waals surface area contributed by atoms with E-state index >= 15 is 0 Å². The molecule has 1 rings (SSSR count). The monoisotopic (exact) mass is 258 g/mol. The third-order valence-corrected chi connectivity index (χ3v) is 1.69. The van der Waals surface area contributed by atoms with Gasteiger partial charge in [-0.3, -0.25) is 0 Å². The van der Waals surface area contributed by atoms with Crippen LogP contribution in [0.15, 0.2) is 18.2 Å². The third-order valence-electron chi connectivity index (χ3n) is 1.09. The number of anilines is 1. The minimum absolute atomic E-state index is 0.521. The highest BCUT2D eigenvalue weighted by atomic mass is 127. The minimum Gasteiger partial charge on any atom is -0.359 e. The molecule has 56 valence electrons. The van der Waals surface area contributed by atoms with Crippen LogP contribution in [0.25, 0.3) is 0 Å². The molecule has 0 aliphatic rings. The fraction of sp³-hybridized carbons (Fsp3) is 0.125. The van der Waals surface area contributed by atoms with Crippen molar-refractivity contribution in [3.63, 3.8) is 0 Å². The molecule has 0 atom stereocenters. The van der Waals surface area contributed by atoms with Gasteiger partial charge < -0.3 is 5.32 Å². The van der Waals surface area contributed by atoms with Crippen molar-refractivity contribution in [3.05, 3.63) is 21.9 Å². The predicted octanol–water partition coefficient (Wildman–Crippen LogP) is 1.73. The SMILES string of the molecule is C#CCNc1cccc(I)n1. The maximum Gasteiger partial charge on any atom is 0.127 e. The number of nitrogens with one attached hydrogen (secondary N) is 1. The Morgan fingerprint density at radius 3 is 3.09 bits per heavy atom. The summed E-state index contributed by atoms with van der Waals surface area (Å²) in [6, 6.07) is 5.76. The van der Waals surface area contributed by atoms with Crippen molar-refractivity contribution in [2.24, 2.45) is 0 Å². The molecule has 0 radical (unpaired) electrons. The van der Waals surface area contributed by atoms with E-state index in [4.69, 9.17) is 6.42 Å². The number of hydrogen-bond donors (Lipinski definition) is 1. The van der Waals surface area contributed by atoms with Crippen molar-refractivity contribution in [3.8, 4) is 12.3 Å². The van der Waals surface area contributed by atoms with E-state index in [1.54, 1.807) is 0 Å². The summed E-state index contributed by atoms with van der Waals surface area (Å²) in [5.41, 5.74) is 0. The second kappa shape index (κ2) is 4.19. The van der Waals surface area contributed by atoms with Crippen LogP contribution < -0.4 is 5.32 Å². The van der Waals surface area contributed by atoms with Gasteiger partial charge in [-0.2, -0.15) is 0 Å². The minimum atomic E-state index is 0.521. The van der Waals surface area contributed by atoms with Crippen LogP contribution in [0.4, 0.5) is 5.82 Å². The van der Waals surface area contributed by atoms with Gasteiger partial charge in [-0.05, 0) is 34.7 Å². The summed E-state index contributed by atoms with van der Waals surface area (Å²) < 4.78 is 0.963. The molecule has 0 saturated carbocycles. The van der Waals surface area contributed by atoms with Crippen molar-refractivity contribution in [1.82, 2.24) is 4.98 Å². The fourth-order valence-corrected chi connectivity index (χ4v) is 1.12. The number of rotatable bonds is 2. The number of hydrogen-bond acceptors (Lipinski definition) is 2. The standard InChI is InChI=1S/C8H7IN2/c1-2-6-10-8-5-3-4-7(9)11-8/h1,3-5H,6H2,(H,10,11). The summed E-state index contributed by atoms with van der Waals surface area (Å²) in [6.45, 7) is 0.521. The van der Waals surface area contributed by atoms with Gasteiger partial charge in [-0.25, -0.2) is 4.98 Å². The molecule has 0 aliphatic heterocycles. The van der Waals surface area contributed by atoms with E-state index in [2.05, 4.69) is 38.8 Å². The smallest absolute Gasteiger partial charge is 0.127 e. The summed E-state index contributed by atoms with van der Waals surface area (Å²) in [6.07, 6.45) is 5.07. The van der Waals surface area contributed by atoms with Crippen LogP contribution in [-0.4, -0.2) is 11.5 Å². The molecule has 0 unspecified atom stereocenters. The molecule has 0 aromatic carbocycles. The lowest BCUT2D eigenvalue weighted by Gasteiger charge is -1.99. The van der Waals surface area contributed by atoms with E-state index < -0.39 is 0 Å². The summed E-state index contributed by atoms with van der Waals surface area (Å²) >= 11 is 2.15. The molecule has 0 saturated heterocycles. The normalized spacial score (nSPS) is 8.73. The van der Waals surface area contributed by atoms with Crippen LogP contribution in [0.1, 0.15) is 0 Å². The van der Waals surface area contributed by atoms with Gasteiger partial charge in [0, 0.05) is 0 Å². The van der Waals surface area contributed by atoms with Gasteiger partial charge in [0.05, 0.1) is 6.54 Å². The van der Waals surface area contributed by atoms with Crippen molar-refractivity contribution in [2.75, 3.05) is 11.9 Å². The average Bonchev–Trinajstić information content (AvgIpc) is 2.01. The van der Waals surface area contributed by atoms with Gasteiger partial charge >= 0.3 is 0 Å². The van der Waals surface area contributed by atoms with Crippen molar-refractivity contribution in [2.45, 2.75) is 0 Å². The van der Waals surface area contributed by atoms with Crippen LogP contribution in [0.2, 0.25) is 0 Å². The molecule has 0 bridgehead atoms. The van der Waals surface area contributed by atoms with Gasteiger partial charge in [-0.1, -0.05) is 12.0 Å². The van der Waals surface area contributed by atoms with E-state index in [9.17, 15) is 0 Å². The largest absolute Gasteiger partial charge is 0.359 e. The Bertz CT molecular complexity index is 278. The molecule has 0 amide bonds. The maximum atomic E-state index is 5.07. The fourth-order valence-electron chi connectivity index (χ4n) is 0.648. The Kier molecular flexibility index (Phi) is 3.17. The molecule has 1 aromatic heterocycles. The van der Waals surface area contributed by atoms with Crippen LogP contribution in [0, 0.1) is 16.0 Å². The molecule has 1 heterocycles. The van der Waals surface area contributed by atoms with Crippen LogP contribution in [-0.2, 0) is 0 Å². The zero-order valence-corrected chi connectivity index (χ0v) is 8.00. The first-order valence-electron chi connectivity index (χ1n) is 3.13. The van der Waals surface area contributed by atoms with Crippen molar-refractivity contribution >= 4 is 28.4 Å². The van der Waals surface area contributed by atoms with Crippen LogP contribution in [0.5, 0.6) is 0 Å². The average molecular weight is 258 g/mol. The molecule has 3 heteroatoms. The zero-order chi connectivity index (χ0) is 8.10. The second-order valence-electron chi connectivity index (χ2n) is 1.90. The first-order valence-corrected chi connectivity index (χ1v) is 4.20. The number of nitrogens with zero attached hydrogens (tertiary/aromatic N) is 1. The molecule has 0 aliphatic carbocycles. The number of terminal acetylenes is 1. The maximum absolute atomic E-state index is 5.07. The van der Waals surface area contributed by atoms with E-state index in [0.29, 0.717) is 6.54 Å². The number of aromatic nitrogens is 1. The molecule has 1 N–H and O–H groups in total. The highest BCUT2D eigenvalue weighted by Gasteiger charge is 1.90. The summed E-state index contributed by atoms with van der Waals surface area (Å²) in [4.78, 5) is 4.19. The Hall–Kier alpha value is -0.760. The van der Waals surface area contributed by atoms with Crippen molar-refractivity contribution < 1.29 is 0 Å². The molecule has 0 fully saturated rings. The second-order valence-corrected chi connectivity index (χ2v) is 3.01. The molecule has 0 spiro atoms. The summed E-state index contributed by atoms with van der Waals surface area (Å²) in [5.74, 6) is 3.31. The molecule has 1 aromatic rings. The highest BCUT2D eigenvalue weighted by molar-refractivity contribution is 14.1. The quantitative estimate of drug-likeness (QED) is 0.496. The van der Waals surface area contributed by atoms with E-state index in [1.165, 1.54) is 0 Å². The van der Waals surface area contributed by atoms with Crippen LogP contribution in [0.3, 0.4) is 0 Å². The van der Waals surface area contributed by atoms with Gasteiger partial charge in [0.25, 0.3) is 0 Å². The van der Waals surface area contributed by atoms with Gasteiger partial charge in [0.1, 0.15) is 9.52 Å². The summed E-state index contributed by atoms with van der Waals surface area (Å²) in [5, 5.41) is 2.98. The third kappa shape index (κ3) is 2.76. The lowest BCUT2D eigenvalue weighted by Crippen LogP contribution is -2.00. The first kappa shape index (κ1) is 8.34. The molecular formula is C8H7IN2. The van der Waals surface area contributed by atoms with Crippen molar-refractivity contribution in [1.29, 1.82) is 0 Å². The summed E-state index contributed by atoms with van der Waals surface area (Å²) in [7, 11) is 0. The van der Waals surface area contributed by atoms with Gasteiger partial charge in [0.2, 0.25) is 0 Å². The van der Waals surface area contributed by atoms with E-state index in [1.807, 2.05) is 18.2 Å². The van der Waals surface area contributed by atoms with E-state index in [0.717, 1.165) is 9.52 Å². The number of pyridine rings is 1. The number of halogens is 1. The lowest BCUT2D eigenvalue weighted by molar-refractivity contribution is 1.21. The van der Waals surface area contributed by atoms with Gasteiger partial charge in [0.15, 0.2) is 0 Å². The topological polar surface area (TPSA) is 24.9 Å². The molecule has 11 heavy (non-hydrogen) atoms. The lowest BCUT2D eigenvalue weighted by atomic mass is 10.4. The predicted molar refractivity (Wildman–Crippen MR) is 54.3 cm³/mol. The first-order chi connectivity index (χ1) is 5.33. The Morgan fingerprint density at radius 1 is 1.64 bits per heavy atom. The van der Waals surface area contributed by atoms with E-state index in [-0.39, 0.29) is 0 Å². The molecular weight excluding hydrogens is 251 g/mol. The molecule has 2 nitrogen and oxygen atoms in total. The van der Waals surface area contributed by atoms with Gasteiger partial charge in [-0.15, -0.1) is 6.42 Å². The highest BCUT2D eigenvalue weighted by Crippen LogP contribution is 2.05. The zero-order valence-electron chi connectivity index (χ0n) is 5.84. The Labute approximate surface area is 79.6 Å². The van der Waals surface area contributed by atoms with Crippen LogP contribution >= 0.6 is 22.6 Å². The Morgan fingerprint density at radius 2 is 2.45 bits per heavy atom.